The van der Waals surface area contributed by atoms with Crippen molar-refractivity contribution in [1.82, 2.24) is 5.43 Å². The van der Waals surface area contributed by atoms with Crippen LogP contribution in [0.2, 0.25) is 0 Å². The van der Waals surface area contributed by atoms with Gasteiger partial charge < -0.3 is 10.2 Å². The van der Waals surface area contributed by atoms with Gasteiger partial charge in [-0.3, -0.25) is 19.7 Å². The van der Waals surface area contributed by atoms with Gasteiger partial charge in [0, 0.05) is 31.4 Å². The lowest BCUT2D eigenvalue weighted by molar-refractivity contribution is -0.384. The Morgan fingerprint density at radius 1 is 1.11 bits per heavy atom. The fourth-order valence-electron chi connectivity index (χ4n) is 2.19. The second-order valence-electron chi connectivity index (χ2n) is 5.92. The van der Waals surface area contributed by atoms with Gasteiger partial charge in [0.15, 0.2) is 0 Å². The van der Waals surface area contributed by atoms with E-state index in [0.717, 1.165) is 5.56 Å². The molecule has 9 heteroatoms. The number of carbonyl (C=O) groups excluding carboxylic acids is 2. The van der Waals surface area contributed by atoms with Crippen LogP contribution in [0.1, 0.15) is 11.1 Å². The second kappa shape index (κ2) is 8.56. The average molecular weight is 369 g/mol. The highest BCUT2D eigenvalue weighted by Gasteiger charge is 2.16. The van der Waals surface area contributed by atoms with E-state index >= 15 is 0 Å². The molecular formula is C18H19N5O4. The van der Waals surface area contributed by atoms with E-state index < -0.39 is 16.7 Å². The van der Waals surface area contributed by atoms with Crippen LogP contribution in [-0.2, 0) is 9.59 Å². The van der Waals surface area contributed by atoms with Crippen LogP contribution in [-0.4, -0.2) is 37.0 Å². The number of anilines is 2. The van der Waals surface area contributed by atoms with E-state index in [4.69, 9.17) is 0 Å². The molecular weight excluding hydrogens is 350 g/mol. The summed E-state index contributed by atoms with van der Waals surface area (Å²) < 4.78 is 0. The van der Waals surface area contributed by atoms with E-state index in [-0.39, 0.29) is 5.69 Å². The third kappa shape index (κ3) is 5.36. The van der Waals surface area contributed by atoms with Gasteiger partial charge in [-0.15, -0.1) is 0 Å². The first kappa shape index (κ1) is 19.6. The molecule has 0 bridgehead atoms. The number of aryl methyl sites for hydroxylation is 1. The van der Waals surface area contributed by atoms with Crippen LogP contribution in [0.15, 0.2) is 47.6 Å². The van der Waals surface area contributed by atoms with Crippen molar-refractivity contribution < 1.29 is 14.5 Å². The van der Waals surface area contributed by atoms with Crippen LogP contribution >= 0.6 is 0 Å². The first-order chi connectivity index (χ1) is 12.8. The summed E-state index contributed by atoms with van der Waals surface area (Å²) >= 11 is 0. The minimum Gasteiger partial charge on any atom is -0.372 e. The van der Waals surface area contributed by atoms with Crippen molar-refractivity contribution in [3.8, 4) is 0 Å². The van der Waals surface area contributed by atoms with Gasteiger partial charge in [0.25, 0.3) is 5.69 Å². The lowest BCUT2D eigenvalue weighted by Crippen LogP contribution is -2.32. The summed E-state index contributed by atoms with van der Waals surface area (Å²) in [6.45, 7) is 1.91. The molecule has 2 rings (SSSR count). The maximum atomic E-state index is 11.8. The number of nitro groups is 1. The molecule has 140 valence electrons. The van der Waals surface area contributed by atoms with Gasteiger partial charge in [-0.25, -0.2) is 5.43 Å². The predicted molar refractivity (Wildman–Crippen MR) is 103 cm³/mol. The lowest BCUT2D eigenvalue weighted by Gasteiger charge is -2.12. The van der Waals surface area contributed by atoms with Crippen LogP contribution in [0, 0.1) is 17.0 Å². The molecule has 2 N–H and O–H groups in total. The number of nitrogens with one attached hydrogen (secondary N) is 2. The van der Waals surface area contributed by atoms with Crippen LogP contribution in [0.3, 0.4) is 0 Å². The molecule has 0 heterocycles. The molecule has 0 aromatic heterocycles. The Hall–Kier alpha value is -3.75. The van der Waals surface area contributed by atoms with Crippen LogP contribution in [0.4, 0.5) is 17.1 Å². The molecule has 0 spiro atoms. The number of nitro benzene ring substituents is 1. The molecule has 9 nitrogen and oxygen atoms in total. The maximum absolute atomic E-state index is 11.8. The van der Waals surface area contributed by atoms with Gasteiger partial charge in [0.05, 0.1) is 11.1 Å². The van der Waals surface area contributed by atoms with Gasteiger partial charge in [0.1, 0.15) is 5.69 Å². The van der Waals surface area contributed by atoms with E-state index in [1.54, 1.807) is 55.4 Å². The summed E-state index contributed by atoms with van der Waals surface area (Å²) in [5.74, 6) is -1.82. The number of nitrogens with zero attached hydrogens (tertiary/aromatic N) is 3. The molecule has 0 aliphatic rings. The average Bonchev–Trinajstić information content (AvgIpc) is 2.63. The SMILES string of the molecule is Cc1ccc(NC(=O)C(=O)N/N=C\c2ccc(N(C)C)c([N+](=O)[O-])c2)cc1. The molecule has 0 radical (unpaired) electrons. The van der Waals surface area contributed by atoms with Gasteiger partial charge in [-0.2, -0.15) is 5.10 Å². The van der Waals surface area contributed by atoms with Crippen molar-refractivity contribution in [3.05, 3.63) is 63.7 Å². The zero-order valence-corrected chi connectivity index (χ0v) is 15.1. The Labute approximate surface area is 155 Å². The molecule has 27 heavy (non-hydrogen) atoms. The minimum absolute atomic E-state index is 0.0904. The standard InChI is InChI=1S/C18H19N5O4/c1-12-4-7-14(8-5-12)20-17(24)18(25)21-19-11-13-6-9-15(22(2)3)16(10-13)23(26)27/h4-11H,1-3H3,(H,20,24)(H,21,25)/b19-11-. The smallest absolute Gasteiger partial charge is 0.329 e. The number of hydrazone groups is 1. The van der Waals surface area contributed by atoms with Gasteiger partial charge >= 0.3 is 11.8 Å². The van der Waals surface area contributed by atoms with Crippen molar-refractivity contribution in [3.63, 3.8) is 0 Å². The van der Waals surface area contributed by atoms with Gasteiger partial charge in [-0.05, 0) is 25.1 Å². The van der Waals surface area contributed by atoms with Crippen LogP contribution < -0.4 is 15.6 Å². The zero-order valence-electron chi connectivity index (χ0n) is 15.1. The topological polar surface area (TPSA) is 117 Å². The molecule has 0 atom stereocenters. The Morgan fingerprint density at radius 2 is 1.78 bits per heavy atom. The summed E-state index contributed by atoms with van der Waals surface area (Å²) in [7, 11) is 3.39. The summed E-state index contributed by atoms with van der Waals surface area (Å²) in [4.78, 5) is 35.9. The monoisotopic (exact) mass is 369 g/mol. The highest BCUT2D eigenvalue weighted by Crippen LogP contribution is 2.27. The highest BCUT2D eigenvalue weighted by molar-refractivity contribution is 6.39. The molecule has 2 amide bonds. The Bertz CT molecular complexity index is 891. The highest BCUT2D eigenvalue weighted by atomic mass is 16.6. The maximum Gasteiger partial charge on any atom is 0.329 e. The normalized spacial score (nSPS) is 10.5. The first-order valence-electron chi connectivity index (χ1n) is 7.94. The fraction of sp³-hybridized carbons (Fsp3) is 0.167. The summed E-state index contributed by atoms with van der Waals surface area (Å²) in [6.07, 6.45) is 1.23. The number of amides is 2. The molecule has 0 aliphatic carbocycles. The van der Waals surface area contributed by atoms with E-state index in [1.165, 1.54) is 12.3 Å². The number of carbonyl (C=O) groups is 2. The van der Waals surface area contributed by atoms with E-state index in [1.807, 2.05) is 6.92 Å². The van der Waals surface area contributed by atoms with Crippen LogP contribution in [0.5, 0.6) is 0 Å². The van der Waals surface area contributed by atoms with Crippen molar-refractivity contribution in [2.24, 2.45) is 5.10 Å². The zero-order chi connectivity index (χ0) is 20.0. The second-order valence-corrected chi connectivity index (χ2v) is 5.92. The summed E-state index contributed by atoms with van der Waals surface area (Å²) in [5.41, 5.74) is 4.36. The molecule has 0 unspecified atom stereocenters. The first-order valence-corrected chi connectivity index (χ1v) is 7.94. The Kier molecular flexibility index (Phi) is 6.21. The third-order valence-electron chi connectivity index (χ3n) is 3.57. The van der Waals surface area contributed by atoms with Crippen molar-refractivity contribution in [2.45, 2.75) is 6.92 Å². The minimum atomic E-state index is -0.953. The molecule has 2 aromatic carbocycles. The van der Waals surface area contributed by atoms with Crippen molar-refractivity contribution >= 4 is 35.1 Å². The third-order valence-corrected chi connectivity index (χ3v) is 3.57. The fourth-order valence-corrected chi connectivity index (χ4v) is 2.19. The quantitative estimate of drug-likeness (QED) is 0.362. The molecule has 0 saturated carbocycles. The lowest BCUT2D eigenvalue weighted by atomic mass is 10.2. The molecule has 0 fully saturated rings. The van der Waals surface area contributed by atoms with Gasteiger partial charge in [-0.1, -0.05) is 23.8 Å². The van der Waals surface area contributed by atoms with E-state index in [0.29, 0.717) is 16.9 Å². The molecule has 0 saturated heterocycles. The molecule has 2 aromatic rings. The van der Waals surface area contributed by atoms with Crippen LogP contribution in [0.25, 0.3) is 0 Å². The molecule has 0 aliphatic heterocycles. The van der Waals surface area contributed by atoms with E-state index in [9.17, 15) is 19.7 Å². The van der Waals surface area contributed by atoms with Crippen molar-refractivity contribution in [1.29, 1.82) is 0 Å². The summed E-state index contributed by atoms with van der Waals surface area (Å²) in [5, 5.41) is 17.3. The number of hydrogen-bond donors (Lipinski definition) is 2. The summed E-state index contributed by atoms with van der Waals surface area (Å²) in [6, 6.07) is 11.5. The largest absolute Gasteiger partial charge is 0.372 e. The predicted octanol–water partition coefficient (Wildman–Crippen LogP) is 2.06. The number of benzene rings is 2. The number of rotatable bonds is 5. The Balaban J connectivity index is 2.00. The van der Waals surface area contributed by atoms with E-state index in [2.05, 4.69) is 15.8 Å². The van der Waals surface area contributed by atoms with Gasteiger partial charge in [0.2, 0.25) is 0 Å². The Morgan fingerprint density at radius 3 is 2.37 bits per heavy atom. The van der Waals surface area contributed by atoms with Crippen molar-refractivity contribution in [2.75, 3.05) is 24.3 Å². The number of hydrogen-bond acceptors (Lipinski definition) is 6.